The van der Waals surface area contributed by atoms with Crippen molar-refractivity contribution in [3.05, 3.63) is 63.7 Å². The first kappa shape index (κ1) is 24.5. The zero-order chi connectivity index (χ0) is 23.3. The number of carbonyl (C=O) groups is 2. The summed E-state index contributed by atoms with van der Waals surface area (Å²) in [6, 6.07) is 8.69. The molecule has 0 radical (unpaired) electrons. The summed E-state index contributed by atoms with van der Waals surface area (Å²) in [5.41, 5.74) is 2.40. The summed E-state index contributed by atoms with van der Waals surface area (Å²) in [7, 11) is 1.50. The second-order valence-electron chi connectivity index (χ2n) is 8.32. The number of methoxy groups -OCH3 is 1. The van der Waals surface area contributed by atoms with E-state index >= 15 is 0 Å². The Labute approximate surface area is 189 Å². The number of allylic oxidation sites excluding steroid dienone is 1. The molecule has 2 aromatic carbocycles. The van der Waals surface area contributed by atoms with E-state index in [-0.39, 0.29) is 5.78 Å². The smallest absolute Gasteiger partial charge is 0.347 e. The fourth-order valence-electron chi connectivity index (χ4n) is 3.01. The number of rotatable bonds is 7. The molecule has 0 saturated carbocycles. The Morgan fingerprint density at radius 1 is 1.06 bits per heavy atom. The minimum atomic E-state index is -0.739. The van der Waals surface area contributed by atoms with Gasteiger partial charge in [-0.2, -0.15) is 0 Å². The minimum Gasteiger partial charge on any atom is -0.496 e. The van der Waals surface area contributed by atoms with Crippen LogP contribution in [-0.2, 0) is 9.53 Å². The molecule has 0 heterocycles. The van der Waals surface area contributed by atoms with Gasteiger partial charge in [-0.15, -0.1) is 0 Å². The molecule has 0 N–H and O–H groups in total. The van der Waals surface area contributed by atoms with Gasteiger partial charge in [-0.1, -0.05) is 17.7 Å². The van der Waals surface area contributed by atoms with Gasteiger partial charge in [0.1, 0.15) is 17.1 Å². The molecule has 166 valence electrons. The molecule has 2 rings (SSSR count). The lowest BCUT2D eigenvalue weighted by Crippen LogP contribution is -2.33. The minimum absolute atomic E-state index is 0.192. The Morgan fingerprint density at radius 3 is 2.23 bits per heavy atom. The number of carbonyl (C=O) groups excluding carboxylic acids is 2. The molecule has 0 spiro atoms. The molecular weight excluding hydrogens is 416 g/mol. The summed E-state index contributed by atoms with van der Waals surface area (Å²) < 4.78 is 16.5. The maximum atomic E-state index is 12.6. The molecule has 31 heavy (non-hydrogen) atoms. The summed E-state index contributed by atoms with van der Waals surface area (Å²) in [5, 5.41) is 0.500. The summed E-state index contributed by atoms with van der Waals surface area (Å²) >= 11 is 5.96. The van der Waals surface area contributed by atoms with Crippen LogP contribution in [0.5, 0.6) is 11.5 Å². The molecule has 0 bridgehead atoms. The predicted molar refractivity (Wildman–Crippen MR) is 123 cm³/mol. The van der Waals surface area contributed by atoms with Gasteiger partial charge in [0, 0.05) is 5.02 Å². The number of ether oxygens (including phenoxy) is 3. The van der Waals surface area contributed by atoms with Crippen molar-refractivity contribution in [2.24, 2.45) is 0 Å². The van der Waals surface area contributed by atoms with Crippen molar-refractivity contribution in [2.45, 2.75) is 53.2 Å². The zero-order valence-corrected chi connectivity index (χ0v) is 19.8. The third-order valence-electron chi connectivity index (χ3n) is 4.37. The van der Waals surface area contributed by atoms with Crippen LogP contribution in [-0.4, -0.2) is 30.6 Å². The van der Waals surface area contributed by atoms with Gasteiger partial charge in [-0.05, 0) is 94.6 Å². The SMILES string of the molecule is COc1cc(Cl)ccc1C(=O)/C=C/c1cc(C)c(OC(C)C(=O)OC(C)(C)C)c(C)c1. The quantitative estimate of drug-likeness (QED) is 0.299. The Kier molecular flexibility index (Phi) is 7.91. The van der Waals surface area contributed by atoms with Gasteiger partial charge in [0.15, 0.2) is 11.9 Å². The molecule has 2 aromatic rings. The molecule has 1 unspecified atom stereocenters. The van der Waals surface area contributed by atoms with Gasteiger partial charge < -0.3 is 14.2 Å². The van der Waals surface area contributed by atoms with Gasteiger partial charge in [-0.3, -0.25) is 4.79 Å². The lowest BCUT2D eigenvalue weighted by molar-refractivity contribution is -0.162. The van der Waals surface area contributed by atoms with E-state index in [1.807, 2.05) is 46.8 Å². The molecule has 1 atom stereocenters. The summed E-state index contributed by atoms with van der Waals surface area (Å²) in [6.45, 7) is 10.9. The molecule has 0 aliphatic rings. The highest BCUT2D eigenvalue weighted by Crippen LogP contribution is 2.28. The van der Waals surface area contributed by atoms with Crippen LogP contribution in [0.25, 0.3) is 6.08 Å². The van der Waals surface area contributed by atoms with Crippen molar-refractivity contribution in [3.63, 3.8) is 0 Å². The van der Waals surface area contributed by atoms with Gasteiger partial charge in [-0.25, -0.2) is 4.79 Å². The van der Waals surface area contributed by atoms with Crippen LogP contribution < -0.4 is 9.47 Å². The largest absolute Gasteiger partial charge is 0.496 e. The Hall–Kier alpha value is -2.79. The van der Waals surface area contributed by atoms with Crippen molar-refractivity contribution >= 4 is 29.4 Å². The first-order valence-corrected chi connectivity index (χ1v) is 10.4. The van der Waals surface area contributed by atoms with Crippen molar-refractivity contribution < 1.29 is 23.8 Å². The lowest BCUT2D eigenvalue weighted by atomic mass is 10.0. The first-order chi connectivity index (χ1) is 14.4. The predicted octanol–water partition coefficient (Wildman–Crippen LogP) is 5.97. The summed E-state index contributed by atoms with van der Waals surface area (Å²) in [6.07, 6.45) is 2.48. The van der Waals surface area contributed by atoms with Crippen molar-refractivity contribution in [1.82, 2.24) is 0 Å². The van der Waals surface area contributed by atoms with E-state index in [0.29, 0.717) is 22.1 Å². The number of aryl methyl sites for hydroxylation is 2. The first-order valence-electron chi connectivity index (χ1n) is 9.98. The van der Waals surface area contributed by atoms with Crippen LogP contribution in [0.15, 0.2) is 36.4 Å². The number of esters is 1. The standard InChI is InChI=1S/C25H29ClO5/c1-15-12-18(8-11-21(27)20-10-9-19(26)14-22(20)29-7)13-16(2)23(15)30-17(3)24(28)31-25(4,5)6/h8-14,17H,1-7H3/b11-8+. The fourth-order valence-corrected chi connectivity index (χ4v) is 3.17. The molecular formula is C25H29ClO5. The molecule has 0 amide bonds. The Morgan fingerprint density at radius 2 is 1.68 bits per heavy atom. The van der Waals surface area contributed by atoms with E-state index in [0.717, 1.165) is 16.7 Å². The van der Waals surface area contributed by atoms with Crippen molar-refractivity contribution in [1.29, 1.82) is 0 Å². The van der Waals surface area contributed by atoms with E-state index < -0.39 is 17.7 Å². The van der Waals surface area contributed by atoms with Crippen molar-refractivity contribution in [3.8, 4) is 11.5 Å². The van der Waals surface area contributed by atoms with Crippen LogP contribution in [0, 0.1) is 13.8 Å². The third kappa shape index (κ3) is 6.86. The van der Waals surface area contributed by atoms with E-state index in [1.165, 1.54) is 13.2 Å². The van der Waals surface area contributed by atoms with E-state index in [4.69, 9.17) is 25.8 Å². The van der Waals surface area contributed by atoms with Crippen molar-refractivity contribution in [2.75, 3.05) is 7.11 Å². The molecule has 0 aliphatic carbocycles. The summed E-state index contributed by atoms with van der Waals surface area (Å²) in [4.78, 5) is 24.8. The number of benzene rings is 2. The third-order valence-corrected chi connectivity index (χ3v) is 4.61. The zero-order valence-electron chi connectivity index (χ0n) is 19.0. The van der Waals surface area contributed by atoms with Crippen LogP contribution in [0.4, 0.5) is 0 Å². The fraction of sp³-hybridized carbons (Fsp3) is 0.360. The van der Waals surface area contributed by atoms with Crippen LogP contribution in [0.2, 0.25) is 5.02 Å². The number of halogens is 1. The number of hydrogen-bond donors (Lipinski definition) is 0. The van der Waals surface area contributed by atoms with Crippen LogP contribution >= 0.6 is 11.6 Å². The second kappa shape index (κ2) is 10.0. The second-order valence-corrected chi connectivity index (χ2v) is 8.76. The van der Waals surface area contributed by atoms with E-state index in [1.54, 1.807) is 31.2 Å². The highest BCUT2D eigenvalue weighted by molar-refractivity contribution is 6.31. The Balaban J connectivity index is 2.18. The van der Waals surface area contributed by atoms with Gasteiger partial charge in [0.2, 0.25) is 0 Å². The normalized spacial score (nSPS) is 12.5. The number of hydrogen-bond acceptors (Lipinski definition) is 5. The van der Waals surface area contributed by atoms with Gasteiger partial charge >= 0.3 is 5.97 Å². The average molecular weight is 445 g/mol. The molecule has 6 heteroatoms. The Bertz CT molecular complexity index is 978. The maximum Gasteiger partial charge on any atom is 0.347 e. The monoisotopic (exact) mass is 444 g/mol. The highest BCUT2D eigenvalue weighted by atomic mass is 35.5. The van der Waals surface area contributed by atoms with Gasteiger partial charge in [0.25, 0.3) is 0 Å². The topological polar surface area (TPSA) is 61.8 Å². The van der Waals surface area contributed by atoms with Gasteiger partial charge in [0.05, 0.1) is 12.7 Å². The average Bonchev–Trinajstić information content (AvgIpc) is 2.67. The summed E-state index contributed by atoms with van der Waals surface area (Å²) in [5.74, 6) is 0.441. The van der Waals surface area contributed by atoms with E-state index in [9.17, 15) is 9.59 Å². The number of ketones is 1. The molecule has 5 nitrogen and oxygen atoms in total. The molecule has 0 aromatic heterocycles. The lowest BCUT2D eigenvalue weighted by Gasteiger charge is -2.23. The van der Waals surface area contributed by atoms with Crippen LogP contribution in [0.1, 0.15) is 54.7 Å². The molecule has 0 fully saturated rings. The molecule has 0 aliphatic heterocycles. The highest BCUT2D eigenvalue weighted by Gasteiger charge is 2.24. The molecule has 0 saturated heterocycles. The van der Waals surface area contributed by atoms with Crippen LogP contribution in [0.3, 0.4) is 0 Å². The van der Waals surface area contributed by atoms with E-state index in [2.05, 4.69) is 0 Å². The maximum absolute atomic E-state index is 12.6.